The van der Waals surface area contributed by atoms with E-state index in [0.29, 0.717) is 11.3 Å². The van der Waals surface area contributed by atoms with E-state index in [9.17, 15) is 9.59 Å². The fourth-order valence-corrected chi connectivity index (χ4v) is 4.32. The van der Waals surface area contributed by atoms with Gasteiger partial charge in [-0.15, -0.1) is 0 Å². The number of amides is 2. The maximum atomic E-state index is 12.7. The molecular formula is C23H27N3O3. The summed E-state index contributed by atoms with van der Waals surface area (Å²) in [5.41, 5.74) is 6.64. The van der Waals surface area contributed by atoms with Crippen LogP contribution in [0.25, 0.3) is 0 Å². The molecular weight excluding hydrogens is 366 g/mol. The van der Waals surface area contributed by atoms with Crippen LogP contribution in [0.4, 0.5) is 0 Å². The van der Waals surface area contributed by atoms with E-state index in [1.54, 1.807) is 6.07 Å². The average molecular weight is 393 g/mol. The Morgan fingerprint density at radius 3 is 2.55 bits per heavy atom. The minimum absolute atomic E-state index is 0.146. The maximum absolute atomic E-state index is 12.7. The summed E-state index contributed by atoms with van der Waals surface area (Å²) in [4.78, 5) is 25.2. The van der Waals surface area contributed by atoms with Crippen molar-refractivity contribution in [2.45, 2.75) is 64.8 Å². The summed E-state index contributed by atoms with van der Waals surface area (Å²) in [6, 6.07) is 7.66. The van der Waals surface area contributed by atoms with E-state index >= 15 is 0 Å². The summed E-state index contributed by atoms with van der Waals surface area (Å²) in [7, 11) is 0. The zero-order valence-corrected chi connectivity index (χ0v) is 17.0. The number of fused-ring (bicyclic) bond motifs is 1. The molecule has 6 heteroatoms. The predicted molar refractivity (Wildman–Crippen MR) is 111 cm³/mol. The Morgan fingerprint density at radius 2 is 1.79 bits per heavy atom. The van der Waals surface area contributed by atoms with Crippen molar-refractivity contribution < 1.29 is 14.0 Å². The van der Waals surface area contributed by atoms with Gasteiger partial charge in [-0.2, -0.15) is 5.10 Å². The molecule has 2 amide bonds. The number of hydrazone groups is 1. The molecule has 2 aliphatic carbocycles. The molecule has 0 saturated heterocycles. The van der Waals surface area contributed by atoms with Crippen molar-refractivity contribution in [3.05, 3.63) is 58.0 Å². The molecule has 0 unspecified atom stereocenters. The van der Waals surface area contributed by atoms with Crippen molar-refractivity contribution >= 4 is 17.5 Å². The highest BCUT2D eigenvalue weighted by Crippen LogP contribution is 2.30. The van der Waals surface area contributed by atoms with Gasteiger partial charge < -0.3 is 9.73 Å². The van der Waals surface area contributed by atoms with Gasteiger partial charge in [0.2, 0.25) is 0 Å². The van der Waals surface area contributed by atoms with Crippen LogP contribution in [0.5, 0.6) is 0 Å². The monoisotopic (exact) mass is 393 g/mol. The van der Waals surface area contributed by atoms with Gasteiger partial charge in [0.1, 0.15) is 5.76 Å². The Kier molecular flexibility index (Phi) is 5.51. The number of nitrogens with zero attached hydrogens (tertiary/aromatic N) is 1. The molecule has 0 bridgehead atoms. The lowest BCUT2D eigenvalue weighted by molar-refractivity contribution is 0.0906. The van der Waals surface area contributed by atoms with Gasteiger partial charge in [0.15, 0.2) is 5.76 Å². The first-order valence-electron chi connectivity index (χ1n) is 10.4. The van der Waals surface area contributed by atoms with Gasteiger partial charge in [0, 0.05) is 29.2 Å². The van der Waals surface area contributed by atoms with Gasteiger partial charge in [-0.05, 0) is 51.2 Å². The second-order valence-electron chi connectivity index (χ2n) is 7.98. The molecule has 0 radical (unpaired) electrons. The van der Waals surface area contributed by atoms with Crippen LogP contribution in [0.3, 0.4) is 0 Å². The molecule has 0 aliphatic heterocycles. The van der Waals surface area contributed by atoms with Crippen LogP contribution in [0.2, 0.25) is 0 Å². The lowest BCUT2D eigenvalue weighted by Crippen LogP contribution is -2.32. The highest BCUT2D eigenvalue weighted by molar-refractivity contribution is 6.07. The van der Waals surface area contributed by atoms with Crippen molar-refractivity contribution in [1.29, 1.82) is 0 Å². The van der Waals surface area contributed by atoms with Crippen LogP contribution < -0.4 is 10.7 Å². The lowest BCUT2D eigenvalue weighted by atomic mass is 9.93. The predicted octanol–water partition coefficient (Wildman–Crippen LogP) is 4.04. The van der Waals surface area contributed by atoms with Crippen molar-refractivity contribution in [3.63, 3.8) is 0 Å². The minimum atomic E-state index is -0.233. The van der Waals surface area contributed by atoms with Gasteiger partial charge in [0.25, 0.3) is 11.8 Å². The van der Waals surface area contributed by atoms with Crippen LogP contribution in [-0.4, -0.2) is 23.6 Å². The van der Waals surface area contributed by atoms with Crippen molar-refractivity contribution in [1.82, 2.24) is 10.7 Å². The van der Waals surface area contributed by atoms with Gasteiger partial charge >= 0.3 is 0 Å². The minimum Gasteiger partial charge on any atom is -0.455 e. The number of hydrogen-bond acceptors (Lipinski definition) is 4. The Labute approximate surface area is 170 Å². The first kappa shape index (κ1) is 19.4. The molecule has 29 heavy (non-hydrogen) atoms. The summed E-state index contributed by atoms with van der Waals surface area (Å²) in [5.74, 6) is 0.783. The van der Waals surface area contributed by atoms with Gasteiger partial charge in [0.05, 0.1) is 5.71 Å². The molecule has 2 N–H and O–H groups in total. The molecule has 1 fully saturated rings. The van der Waals surface area contributed by atoms with E-state index in [4.69, 9.17) is 4.42 Å². The second kappa shape index (κ2) is 8.23. The first-order valence-corrected chi connectivity index (χ1v) is 10.4. The van der Waals surface area contributed by atoms with E-state index in [1.165, 1.54) is 0 Å². The summed E-state index contributed by atoms with van der Waals surface area (Å²) < 4.78 is 5.94. The third-order valence-electron chi connectivity index (χ3n) is 5.90. The molecule has 0 spiro atoms. The van der Waals surface area contributed by atoms with Crippen LogP contribution in [0, 0.1) is 13.8 Å². The molecule has 1 aromatic heterocycles. The number of nitrogens with one attached hydrogen (secondary N) is 2. The molecule has 2 aromatic rings. The molecule has 4 rings (SSSR count). The molecule has 6 nitrogen and oxygen atoms in total. The quantitative estimate of drug-likeness (QED) is 0.769. The maximum Gasteiger partial charge on any atom is 0.287 e. The summed E-state index contributed by atoms with van der Waals surface area (Å²) in [5, 5.41) is 7.50. The van der Waals surface area contributed by atoms with Gasteiger partial charge in [-0.3, -0.25) is 9.59 Å². The van der Waals surface area contributed by atoms with Crippen LogP contribution >= 0.6 is 0 Å². The topological polar surface area (TPSA) is 83.7 Å². The number of aryl methyl sites for hydroxylation is 2. The van der Waals surface area contributed by atoms with Crippen molar-refractivity contribution in [2.75, 3.05) is 0 Å². The van der Waals surface area contributed by atoms with E-state index in [2.05, 4.69) is 15.8 Å². The number of rotatable bonds is 4. The van der Waals surface area contributed by atoms with E-state index in [0.717, 1.165) is 73.1 Å². The molecule has 1 saturated carbocycles. The SMILES string of the molecule is Cc1ccccc1C(=O)N/N=C1\CCCc2oc(C(=O)NC3CCCC3)c(C)c21. The largest absolute Gasteiger partial charge is 0.455 e. The zero-order chi connectivity index (χ0) is 20.4. The molecule has 2 aliphatic rings. The van der Waals surface area contributed by atoms with Crippen LogP contribution in [0.15, 0.2) is 33.8 Å². The Balaban J connectivity index is 1.55. The lowest BCUT2D eigenvalue weighted by Gasteiger charge is -2.13. The summed E-state index contributed by atoms with van der Waals surface area (Å²) >= 11 is 0. The summed E-state index contributed by atoms with van der Waals surface area (Å²) in [6.45, 7) is 3.80. The van der Waals surface area contributed by atoms with Crippen molar-refractivity contribution in [3.8, 4) is 0 Å². The third-order valence-corrected chi connectivity index (χ3v) is 5.90. The second-order valence-corrected chi connectivity index (χ2v) is 7.98. The van der Waals surface area contributed by atoms with Gasteiger partial charge in [-0.1, -0.05) is 31.0 Å². The average Bonchev–Trinajstić information content (AvgIpc) is 3.34. The Hall–Kier alpha value is -2.89. The van der Waals surface area contributed by atoms with E-state index in [-0.39, 0.29) is 17.9 Å². The summed E-state index contributed by atoms with van der Waals surface area (Å²) in [6.07, 6.45) is 6.78. The first-order chi connectivity index (χ1) is 14.0. The highest BCUT2D eigenvalue weighted by atomic mass is 16.4. The number of carbonyl (C=O) groups excluding carboxylic acids is 2. The molecule has 152 valence electrons. The third kappa shape index (κ3) is 3.97. The highest BCUT2D eigenvalue weighted by Gasteiger charge is 2.29. The number of hydrogen-bond donors (Lipinski definition) is 2. The standard InChI is InChI=1S/C23H27N3O3/c1-14-8-3-6-11-17(14)22(27)26-25-18-12-7-13-19-20(18)15(2)21(29-19)23(28)24-16-9-4-5-10-16/h3,6,8,11,16H,4-5,7,9-10,12-13H2,1-2H3,(H,24,28)(H,26,27)/b25-18+. The fraction of sp³-hybridized carbons (Fsp3) is 0.435. The number of furan rings is 1. The smallest absolute Gasteiger partial charge is 0.287 e. The van der Waals surface area contributed by atoms with Crippen LogP contribution in [-0.2, 0) is 6.42 Å². The fourth-order valence-electron chi connectivity index (χ4n) is 4.32. The normalized spacial score (nSPS) is 17.9. The van der Waals surface area contributed by atoms with Crippen molar-refractivity contribution in [2.24, 2.45) is 5.10 Å². The molecule has 1 heterocycles. The Bertz CT molecular complexity index is 968. The van der Waals surface area contributed by atoms with Crippen LogP contribution in [0.1, 0.15) is 81.9 Å². The molecule has 1 aromatic carbocycles. The number of benzene rings is 1. The Morgan fingerprint density at radius 1 is 1.03 bits per heavy atom. The van der Waals surface area contributed by atoms with E-state index < -0.39 is 0 Å². The van der Waals surface area contributed by atoms with Gasteiger partial charge in [-0.25, -0.2) is 5.43 Å². The zero-order valence-electron chi connectivity index (χ0n) is 17.0. The molecule has 0 atom stereocenters. The number of carbonyl (C=O) groups is 2. The van der Waals surface area contributed by atoms with E-state index in [1.807, 2.05) is 32.0 Å².